The van der Waals surface area contributed by atoms with Crippen LogP contribution in [0.25, 0.3) is 6.08 Å². The maximum absolute atomic E-state index is 13.1. The molecule has 0 aliphatic carbocycles. The van der Waals surface area contributed by atoms with E-state index in [1.54, 1.807) is 36.4 Å². The molecule has 0 saturated carbocycles. The number of esters is 2. The van der Waals surface area contributed by atoms with Crippen LogP contribution < -0.4 is 33.2 Å². The molecule has 0 bridgehead atoms. The lowest BCUT2D eigenvalue weighted by Gasteiger charge is -2.14. The van der Waals surface area contributed by atoms with Crippen molar-refractivity contribution in [1.82, 2.24) is 0 Å². The van der Waals surface area contributed by atoms with Gasteiger partial charge in [-0.05, 0) is 36.4 Å². The van der Waals surface area contributed by atoms with Crippen LogP contribution in [0.15, 0.2) is 59.2 Å². The first-order valence-corrected chi connectivity index (χ1v) is 11.8. The molecule has 1 aliphatic rings. The summed E-state index contributed by atoms with van der Waals surface area (Å²) in [4.78, 5) is 30.1. The van der Waals surface area contributed by atoms with Gasteiger partial charge in [0.1, 0.15) is 5.75 Å². The van der Waals surface area contributed by atoms with E-state index in [2.05, 4.69) is 4.99 Å². The first-order valence-electron chi connectivity index (χ1n) is 11.8. The molecule has 0 unspecified atom stereocenters. The third-order valence-corrected chi connectivity index (χ3v) is 5.85. The Morgan fingerprint density at radius 1 is 0.725 bits per heavy atom. The van der Waals surface area contributed by atoms with Gasteiger partial charge >= 0.3 is 11.9 Å². The zero-order valence-corrected chi connectivity index (χ0v) is 22.7. The fourth-order valence-electron chi connectivity index (χ4n) is 3.93. The molecule has 11 heteroatoms. The summed E-state index contributed by atoms with van der Waals surface area (Å²) in [5.41, 5.74) is 1.03. The zero-order valence-electron chi connectivity index (χ0n) is 22.7. The first-order chi connectivity index (χ1) is 19.4. The van der Waals surface area contributed by atoms with Crippen LogP contribution in [0.3, 0.4) is 0 Å². The summed E-state index contributed by atoms with van der Waals surface area (Å²) in [6.45, 7) is 0. The Morgan fingerprint density at radius 2 is 1.25 bits per heavy atom. The van der Waals surface area contributed by atoms with Crippen molar-refractivity contribution in [3.63, 3.8) is 0 Å². The van der Waals surface area contributed by atoms with Gasteiger partial charge in [-0.1, -0.05) is 18.2 Å². The molecule has 3 aromatic carbocycles. The van der Waals surface area contributed by atoms with Gasteiger partial charge in [0, 0.05) is 11.1 Å². The van der Waals surface area contributed by atoms with E-state index in [1.165, 1.54) is 60.9 Å². The van der Waals surface area contributed by atoms with Gasteiger partial charge in [-0.3, -0.25) is 0 Å². The van der Waals surface area contributed by atoms with Crippen LogP contribution in [-0.2, 0) is 9.53 Å². The second kappa shape index (κ2) is 12.1. The highest BCUT2D eigenvalue weighted by Gasteiger charge is 2.27. The van der Waals surface area contributed by atoms with Gasteiger partial charge in [0.05, 0.1) is 48.2 Å². The number of para-hydroxylation sites is 1. The van der Waals surface area contributed by atoms with Crippen molar-refractivity contribution >= 4 is 23.9 Å². The molecule has 1 aliphatic heterocycles. The van der Waals surface area contributed by atoms with Crippen molar-refractivity contribution in [2.24, 2.45) is 4.99 Å². The Labute approximate surface area is 230 Å². The minimum atomic E-state index is -0.686. The second-order valence-corrected chi connectivity index (χ2v) is 8.09. The molecule has 0 aromatic heterocycles. The molecule has 3 aromatic rings. The minimum Gasteiger partial charge on any atom is -0.493 e. The Morgan fingerprint density at radius 3 is 1.77 bits per heavy atom. The fourth-order valence-corrected chi connectivity index (χ4v) is 3.93. The summed E-state index contributed by atoms with van der Waals surface area (Å²) >= 11 is 0. The molecule has 0 saturated heterocycles. The molecular weight excluding hydrogens is 522 g/mol. The summed E-state index contributed by atoms with van der Waals surface area (Å²) in [5.74, 6) is 0.937. The van der Waals surface area contributed by atoms with Crippen LogP contribution in [0, 0.1) is 0 Å². The Balaban J connectivity index is 1.66. The van der Waals surface area contributed by atoms with Crippen LogP contribution in [-0.4, -0.2) is 60.5 Å². The quantitative estimate of drug-likeness (QED) is 0.206. The summed E-state index contributed by atoms with van der Waals surface area (Å²) in [5, 5.41) is 0. The van der Waals surface area contributed by atoms with E-state index in [-0.39, 0.29) is 22.9 Å². The van der Waals surface area contributed by atoms with Crippen molar-refractivity contribution < 1.29 is 47.5 Å². The number of ether oxygens (including phenoxy) is 8. The minimum absolute atomic E-state index is 0.0000339. The number of carbonyl (C=O) groups excluding carboxylic acids is 2. The molecule has 0 fully saturated rings. The molecule has 0 spiro atoms. The average molecular weight is 550 g/mol. The van der Waals surface area contributed by atoms with Crippen molar-refractivity contribution in [2.45, 2.75) is 0 Å². The van der Waals surface area contributed by atoms with Crippen LogP contribution in [0.1, 0.15) is 21.5 Å². The molecule has 0 atom stereocenters. The monoisotopic (exact) mass is 549 g/mol. The predicted molar refractivity (Wildman–Crippen MR) is 144 cm³/mol. The normalized spacial score (nSPS) is 13.3. The topological polar surface area (TPSA) is 120 Å². The highest BCUT2D eigenvalue weighted by atomic mass is 16.6. The van der Waals surface area contributed by atoms with Crippen molar-refractivity contribution in [1.29, 1.82) is 0 Å². The van der Waals surface area contributed by atoms with Crippen LogP contribution >= 0.6 is 0 Å². The predicted octanol–water partition coefficient (Wildman–Crippen LogP) is 4.30. The maximum atomic E-state index is 13.1. The smallest absolute Gasteiger partial charge is 0.363 e. The summed E-state index contributed by atoms with van der Waals surface area (Å²) < 4.78 is 43.1. The van der Waals surface area contributed by atoms with Crippen molar-refractivity contribution in [3.05, 3.63) is 70.9 Å². The number of methoxy groups -OCH3 is 6. The van der Waals surface area contributed by atoms with E-state index in [0.29, 0.717) is 45.6 Å². The number of aliphatic imine (C=N–C) groups is 1. The SMILES string of the molecule is COc1cc(C(=O)Oc2ccccc2/C=C2/N=C(c3cc(OC)c(OC)c(OC)c3)OC2=O)cc(OC)c1OC. The molecule has 208 valence electrons. The number of hydrogen-bond donors (Lipinski definition) is 0. The van der Waals surface area contributed by atoms with Crippen molar-refractivity contribution in [2.75, 3.05) is 42.7 Å². The lowest BCUT2D eigenvalue weighted by atomic mass is 10.1. The lowest BCUT2D eigenvalue weighted by molar-refractivity contribution is -0.129. The molecule has 0 N–H and O–H groups in total. The van der Waals surface area contributed by atoms with Crippen LogP contribution in [0.5, 0.6) is 40.2 Å². The largest absolute Gasteiger partial charge is 0.493 e. The molecule has 0 amide bonds. The summed E-state index contributed by atoms with van der Waals surface area (Å²) in [6, 6.07) is 12.9. The van der Waals surface area contributed by atoms with E-state index in [4.69, 9.17) is 37.9 Å². The van der Waals surface area contributed by atoms with E-state index in [9.17, 15) is 9.59 Å². The number of carbonyl (C=O) groups is 2. The maximum Gasteiger partial charge on any atom is 0.363 e. The van der Waals surface area contributed by atoms with Gasteiger partial charge in [0.15, 0.2) is 28.7 Å². The number of cyclic esters (lactones) is 1. The summed E-state index contributed by atoms with van der Waals surface area (Å²) in [6.07, 6.45) is 1.46. The molecule has 4 rings (SSSR count). The molecule has 0 radical (unpaired) electrons. The van der Waals surface area contributed by atoms with E-state index in [1.807, 2.05) is 0 Å². The Kier molecular flexibility index (Phi) is 8.43. The Hall–Kier alpha value is -5.19. The fraction of sp³-hybridized carbons (Fsp3) is 0.207. The molecule has 1 heterocycles. The summed E-state index contributed by atoms with van der Waals surface area (Å²) in [7, 11) is 8.80. The van der Waals surface area contributed by atoms with Gasteiger partial charge < -0.3 is 37.9 Å². The third kappa shape index (κ3) is 5.48. The van der Waals surface area contributed by atoms with E-state index in [0.717, 1.165) is 0 Å². The molecular formula is C29H27NO10. The van der Waals surface area contributed by atoms with Gasteiger partial charge in [0.2, 0.25) is 17.4 Å². The number of hydrogen-bond acceptors (Lipinski definition) is 11. The van der Waals surface area contributed by atoms with Crippen LogP contribution in [0.2, 0.25) is 0 Å². The first kappa shape index (κ1) is 27.8. The molecule has 11 nitrogen and oxygen atoms in total. The number of nitrogens with zero attached hydrogens (tertiary/aromatic N) is 1. The standard InChI is InChI=1S/C29H27NO10/c1-33-21-12-17(13-22(34-2)25(21)37-5)27-30-19(29(32)40-27)11-16-9-7-8-10-20(16)39-28(31)18-14-23(35-3)26(38-6)24(15-18)36-4/h7-15H,1-6H3/b19-11+. The third-order valence-electron chi connectivity index (χ3n) is 5.85. The number of benzene rings is 3. The second-order valence-electron chi connectivity index (χ2n) is 8.09. The van der Waals surface area contributed by atoms with Gasteiger partial charge in [0.25, 0.3) is 0 Å². The highest BCUT2D eigenvalue weighted by molar-refractivity contribution is 6.13. The highest BCUT2D eigenvalue weighted by Crippen LogP contribution is 2.40. The van der Waals surface area contributed by atoms with Gasteiger partial charge in [-0.25, -0.2) is 14.6 Å². The van der Waals surface area contributed by atoms with Gasteiger partial charge in [-0.2, -0.15) is 0 Å². The lowest BCUT2D eigenvalue weighted by Crippen LogP contribution is -2.10. The van der Waals surface area contributed by atoms with E-state index >= 15 is 0 Å². The molecule has 40 heavy (non-hydrogen) atoms. The van der Waals surface area contributed by atoms with Gasteiger partial charge in [-0.15, -0.1) is 0 Å². The average Bonchev–Trinajstić information content (AvgIpc) is 3.35. The Bertz CT molecular complexity index is 1460. The zero-order chi connectivity index (χ0) is 28.8. The van der Waals surface area contributed by atoms with Crippen molar-refractivity contribution in [3.8, 4) is 40.2 Å². The van der Waals surface area contributed by atoms with E-state index < -0.39 is 11.9 Å². The number of rotatable bonds is 10. The van der Waals surface area contributed by atoms with Crippen LogP contribution in [0.4, 0.5) is 0 Å².